The topological polar surface area (TPSA) is 22.0 Å². The van der Waals surface area contributed by atoms with Crippen molar-refractivity contribution in [3.8, 4) is 0 Å². The Balaban J connectivity index is 2.10. The second-order valence-corrected chi connectivity index (χ2v) is 5.84. The monoisotopic (exact) mass is 279 g/mol. The van der Waals surface area contributed by atoms with Gasteiger partial charge in [-0.3, -0.25) is 4.79 Å². The van der Waals surface area contributed by atoms with Gasteiger partial charge in [-0.1, -0.05) is 18.2 Å². The van der Waals surface area contributed by atoms with Crippen LogP contribution in [0.2, 0.25) is 0 Å². The van der Waals surface area contributed by atoms with E-state index >= 15 is 0 Å². The number of nitrogens with zero attached hydrogens (tertiary/aromatic N) is 1. The number of aromatic nitrogens is 1. The van der Waals surface area contributed by atoms with Crippen molar-refractivity contribution in [3.05, 3.63) is 58.8 Å². The number of rotatable bonds is 3. The third kappa shape index (κ3) is 2.46. The van der Waals surface area contributed by atoms with Gasteiger partial charge >= 0.3 is 0 Å². The number of aryl methyl sites for hydroxylation is 1. The molecule has 1 aliphatic carbocycles. The standard InChI is InChI=1S/C19H21NO/c1-13-14(2)20(12-16-7-5-4-6-8-16)19-10-9-17(15(3)21)11-18(13)19/h5,7-11H,4,6,12H2,1-3H3. The largest absolute Gasteiger partial charge is 0.340 e. The molecule has 0 atom stereocenters. The van der Waals surface area contributed by atoms with E-state index in [2.05, 4.69) is 42.7 Å². The Morgan fingerprint density at radius 2 is 2.05 bits per heavy atom. The molecule has 0 radical (unpaired) electrons. The van der Waals surface area contributed by atoms with Crippen LogP contribution in [-0.4, -0.2) is 10.4 Å². The average molecular weight is 279 g/mol. The number of hydrogen-bond donors (Lipinski definition) is 0. The van der Waals surface area contributed by atoms with Crippen molar-refractivity contribution >= 4 is 16.7 Å². The number of allylic oxidation sites excluding steroid dienone is 4. The first kappa shape index (κ1) is 13.9. The number of hydrogen-bond acceptors (Lipinski definition) is 1. The molecule has 0 saturated carbocycles. The molecule has 0 bridgehead atoms. The van der Waals surface area contributed by atoms with Gasteiger partial charge < -0.3 is 4.57 Å². The number of ketones is 1. The zero-order chi connectivity index (χ0) is 15.0. The highest BCUT2D eigenvalue weighted by molar-refractivity contribution is 5.99. The van der Waals surface area contributed by atoms with E-state index in [4.69, 9.17) is 0 Å². The quantitative estimate of drug-likeness (QED) is 0.744. The number of carbonyl (C=O) groups excluding carboxylic acids is 1. The predicted octanol–water partition coefficient (Wildman–Crippen LogP) is 4.74. The maximum atomic E-state index is 11.6. The Morgan fingerprint density at radius 3 is 2.71 bits per heavy atom. The minimum absolute atomic E-state index is 0.125. The molecule has 1 aromatic heterocycles. The SMILES string of the molecule is CC(=O)c1ccc2c(c1)c(C)c(C)n2CC1=CCCC=C1. The second kappa shape index (κ2) is 5.36. The van der Waals surface area contributed by atoms with E-state index in [9.17, 15) is 4.79 Å². The van der Waals surface area contributed by atoms with Crippen LogP contribution in [0.1, 0.15) is 41.4 Å². The number of Topliss-reactive ketones (excluding diaryl/α,β-unsaturated/α-hetero) is 1. The Kier molecular flexibility index (Phi) is 3.54. The summed E-state index contributed by atoms with van der Waals surface area (Å²) in [6.45, 7) is 6.84. The highest BCUT2D eigenvalue weighted by Gasteiger charge is 2.13. The molecule has 2 aromatic rings. The molecular formula is C19H21NO. The van der Waals surface area contributed by atoms with Crippen LogP contribution in [0.15, 0.2) is 42.0 Å². The third-order valence-corrected chi connectivity index (χ3v) is 4.46. The summed E-state index contributed by atoms with van der Waals surface area (Å²) in [6.07, 6.45) is 9.09. The number of fused-ring (bicyclic) bond motifs is 1. The molecule has 21 heavy (non-hydrogen) atoms. The third-order valence-electron chi connectivity index (χ3n) is 4.46. The first-order valence-electron chi connectivity index (χ1n) is 7.54. The number of benzene rings is 1. The molecule has 0 unspecified atom stereocenters. The first-order chi connectivity index (χ1) is 10.1. The van der Waals surface area contributed by atoms with Crippen LogP contribution in [0.3, 0.4) is 0 Å². The second-order valence-electron chi connectivity index (χ2n) is 5.84. The maximum absolute atomic E-state index is 11.6. The van der Waals surface area contributed by atoms with Crippen molar-refractivity contribution in [1.82, 2.24) is 4.57 Å². The Hall–Kier alpha value is -2.09. The summed E-state index contributed by atoms with van der Waals surface area (Å²) in [5.74, 6) is 0.125. The lowest BCUT2D eigenvalue weighted by molar-refractivity contribution is 0.101. The van der Waals surface area contributed by atoms with Crippen LogP contribution >= 0.6 is 0 Å². The molecule has 1 aliphatic rings. The fraction of sp³-hybridized carbons (Fsp3) is 0.316. The molecule has 0 amide bonds. The fourth-order valence-corrected chi connectivity index (χ4v) is 3.04. The lowest BCUT2D eigenvalue weighted by Gasteiger charge is -2.12. The molecule has 2 heteroatoms. The minimum Gasteiger partial charge on any atom is -0.340 e. The van der Waals surface area contributed by atoms with Crippen LogP contribution in [0.4, 0.5) is 0 Å². The van der Waals surface area contributed by atoms with Gasteiger partial charge in [-0.25, -0.2) is 0 Å². The molecule has 2 nitrogen and oxygen atoms in total. The molecule has 0 saturated heterocycles. The Labute approximate surface area is 125 Å². The molecule has 108 valence electrons. The van der Waals surface area contributed by atoms with Gasteiger partial charge in [0, 0.05) is 28.7 Å². The first-order valence-corrected chi connectivity index (χ1v) is 7.54. The summed E-state index contributed by atoms with van der Waals surface area (Å²) in [4.78, 5) is 11.6. The van der Waals surface area contributed by atoms with Crippen molar-refractivity contribution in [2.24, 2.45) is 0 Å². The zero-order valence-corrected chi connectivity index (χ0v) is 12.9. The fourth-order valence-electron chi connectivity index (χ4n) is 3.04. The van der Waals surface area contributed by atoms with Gasteiger partial charge in [-0.15, -0.1) is 0 Å². The molecule has 3 rings (SSSR count). The van der Waals surface area contributed by atoms with Gasteiger partial charge in [0.2, 0.25) is 0 Å². The molecular weight excluding hydrogens is 258 g/mol. The smallest absolute Gasteiger partial charge is 0.159 e. The highest BCUT2D eigenvalue weighted by atomic mass is 16.1. The number of carbonyl (C=O) groups is 1. The molecule has 1 aromatic carbocycles. The normalized spacial score (nSPS) is 14.5. The summed E-state index contributed by atoms with van der Waals surface area (Å²) >= 11 is 0. The zero-order valence-electron chi connectivity index (χ0n) is 12.9. The predicted molar refractivity (Wildman–Crippen MR) is 87.9 cm³/mol. The van der Waals surface area contributed by atoms with Crippen molar-refractivity contribution in [3.63, 3.8) is 0 Å². The van der Waals surface area contributed by atoms with Crippen LogP contribution < -0.4 is 0 Å². The van der Waals surface area contributed by atoms with E-state index in [1.807, 2.05) is 12.1 Å². The Morgan fingerprint density at radius 1 is 1.24 bits per heavy atom. The van der Waals surface area contributed by atoms with Gasteiger partial charge in [-0.2, -0.15) is 0 Å². The van der Waals surface area contributed by atoms with Crippen molar-refractivity contribution < 1.29 is 4.79 Å². The minimum atomic E-state index is 0.125. The summed E-state index contributed by atoms with van der Waals surface area (Å²) < 4.78 is 2.36. The summed E-state index contributed by atoms with van der Waals surface area (Å²) in [5, 5.41) is 1.19. The lowest BCUT2D eigenvalue weighted by atomic mass is 10.1. The van der Waals surface area contributed by atoms with Crippen molar-refractivity contribution in [2.45, 2.75) is 40.2 Å². The van der Waals surface area contributed by atoms with Crippen molar-refractivity contribution in [1.29, 1.82) is 0 Å². The van der Waals surface area contributed by atoms with Gasteiger partial charge in [0.15, 0.2) is 5.78 Å². The van der Waals surface area contributed by atoms with Gasteiger partial charge in [0.05, 0.1) is 0 Å². The molecule has 0 fully saturated rings. The molecule has 1 heterocycles. The van der Waals surface area contributed by atoms with Crippen LogP contribution in [0, 0.1) is 13.8 Å². The van der Waals surface area contributed by atoms with Gasteiger partial charge in [0.25, 0.3) is 0 Å². The van der Waals surface area contributed by atoms with E-state index in [1.54, 1.807) is 6.92 Å². The van der Waals surface area contributed by atoms with E-state index in [0.29, 0.717) is 0 Å². The van der Waals surface area contributed by atoms with Crippen LogP contribution in [-0.2, 0) is 6.54 Å². The van der Waals surface area contributed by atoms with Crippen molar-refractivity contribution in [2.75, 3.05) is 0 Å². The van der Waals surface area contributed by atoms with E-state index in [0.717, 1.165) is 24.9 Å². The van der Waals surface area contributed by atoms with Gasteiger partial charge in [0.1, 0.15) is 0 Å². The van der Waals surface area contributed by atoms with E-state index in [-0.39, 0.29) is 5.78 Å². The van der Waals surface area contributed by atoms with Crippen LogP contribution in [0.5, 0.6) is 0 Å². The summed E-state index contributed by atoms with van der Waals surface area (Å²) in [7, 11) is 0. The lowest BCUT2D eigenvalue weighted by Crippen LogP contribution is -2.03. The summed E-state index contributed by atoms with van der Waals surface area (Å²) in [6, 6.07) is 6.05. The van der Waals surface area contributed by atoms with E-state index in [1.165, 1.54) is 27.7 Å². The maximum Gasteiger partial charge on any atom is 0.159 e. The van der Waals surface area contributed by atoms with Crippen LogP contribution in [0.25, 0.3) is 10.9 Å². The Bertz CT molecular complexity index is 774. The molecule has 0 spiro atoms. The summed E-state index contributed by atoms with van der Waals surface area (Å²) in [5.41, 5.74) is 5.94. The average Bonchev–Trinajstić information content (AvgIpc) is 2.73. The highest BCUT2D eigenvalue weighted by Crippen LogP contribution is 2.28. The molecule has 0 aliphatic heterocycles. The molecule has 0 N–H and O–H groups in total. The van der Waals surface area contributed by atoms with E-state index < -0.39 is 0 Å². The van der Waals surface area contributed by atoms with Gasteiger partial charge in [-0.05, 0) is 62.9 Å².